The van der Waals surface area contributed by atoms with Gasteiger partial charge in [-0.15, -0.1) is 0 Å². The van der Waals surface area contributed by atoms with Crippen LogP contribution < -0.4 is 5.46 Å². The number of imidazole rings is 1. The average molecular weight is 248 g/mol. The number of hydrogen-bond acceptors (Lipinski definition) is 4. The van der Waals surface area contributed by atoms with E-state index in [1.807, 2.05) is 29.9 Å². The predicted molar refractivity (Wildman–Crippen MR) is 69.0 cm³/mol. The van der Waals surface area contributed by atoms with E-state index in [0.717, 1.165) is 10.7 Å². The molecule has 0 spiro atoms. The van der Waals surface area contributed by atoms with Crippen molar-refractivity contribution in [3.63, 3.8) is 0 Å². The normalized spacial score (nSPS) is 10.5. The minimum absolute atomic E-state index is 0.550. The van der Waals surface area contributed by atoms with Crippen LogP contribution in [0.2, 0.25) is 0 Å². The molecule has 0 unspecified atom stereocenters. The Bertz CT molecular complexity index is 502. The molecule has 2 N–H and O–H groups in total. The second-order valence-corrected chi connectivity index (χ2v) is 4.62. The maximum atomic E-state index is 9.24. The van der Waals surface area contributed by atoms with Gasteiger partial charge in [-0.25, -0.2) is 4.98 Å². The molecule has 0 fully saturated rings. The van der Waals surface area contributed by atoms with Crippen LogP contribution in [-0.4, -0.2) is 26.7 Å². The van der Waals surface area contributed by atoms with Crippen molar-refractivity contribution in [2.24, 2.45) is 7.05 Å². The summed E-state index contributed by atoms with van der Waals surface area (Å²) in [6.07, 6.45) is 3.63. The number of benzene rings is 1. The topological polar surface area (TPSA) is 58.3 Å². The first-order valence-corrected chi connectivity index (χ1v) is 6.21. The first kappa shape index (κ1) is 12.2. The molecule has 0 radical (unpaired) electrons. The lowest BCUT2D eigenvalue weighted by Gasteiger charge is -2.08. The molecule has 0 saturated heterocycles. The summed E-state index contributed by atoms with van der Waals surface area (Å²) < 4.78 is 1.93. The van der Waals surface area contributed by atoms with Crippen molar-refractivity contribution < 1.29 is 10.0 Å². The molecular weight excluding hydrogens is 235 g/mol. The summed E-state index contributed by atoms with van der Waals surface area (Å²) in [7, 11) is 0.510. The largest absolute Gasteiger partial charge is 0.488 e. The van der Waals surface area contributed by atoms with E-state index in [1.165, 1.54) is 0 Å². The van der Waals surface area contributed by atoms with Gasteiger partial charge in [0.2, 0.25) is 0 Å². The van der Waals surface area contributed by atoms with Gasteiger partial charge in [0.1, 0.15) is 0 Å². The highest BCUT2D eigenvalue weighted by Gasteiger charge is 2.15. The smallest absolute Gasteiger partial charge is 0.423 e. The molecule has 0 aliphatic rings. The first-order chi connectivity index (χ1) is 8.18. The molecule has 0 bridgehead atoms. The standard InChI is InChI=1S/C11H13BN2O2S/c1-14-7-6-13-11(14)17-8-9-4-2-3-5-10(9)12(15)16/h2-7,15-16H,8H2,1H3. The van der Waals surface area contributed by atoms with Gasteiger partial charge in [-0.05, 0) is 11.0 Å². The van der Waals surface area contributed by atoms with Crippen molar-refractivity contribution >= 4 is 24.3 Å². The molecule has 17 heavy (non-hydrogen) atoms. The average Bonchev–Trinajstić information content (AvgIpc) is 2.72. The third-order valence-corrected chi connectivity index (χ3v) is 3.57. The summed E-state index contributed by atoms with van der Waals surface area (Å²) in [4.78, 5) is 4.21. The van der Waals surface area contributed by atoms with E-state index in [2.05, 4.69) is 4.98 Å². The molecule has 1 aromatic heterocycles. The number of aromatic nitrogens is 2. The lowest BCUT2D eigenvalue weighted by atomic mass is 9.77. The Kier molecular flexibility index (Phi) is 3.88. The Morgan fingerprint density at radius 3 is 2.76 bits per heavy atom. The van der Waals surface area contributed by atoms with Crippen LogP contribution in [-0.2, 0) is 12.8 Å². The van der Waals surface area contributed by atoms with Crippen LogP contribution in [0.25, 0.3) is 0 Å². The van der Waals surface area contributed by atoms with E-state index >= 15 is 0 Å². The van der Waals surface area contributed by atoms with Gasteiger partial charge in [0, 0.05) is 25.2 Å². The van der Waals surface area contributed by atoms with Crippen LogP contribution in [0.4, 0.5) is 0 Å². The van der Waals surface area contributed by atoms with Crippen LogP contribution in [0.5, 0.6) is 0 Å². The Labute approximate surface area is 104 Å². The van der Waals surface area contributed by atoms with Gasteiger partial charge < -0.3 is 14.6 Å². The molecule has 0 aliphatic carbocycles. The molecule has 2 aromatic rings. The highest BCUT2D eigenvalue weighted by molar-refractivity contribution is 7.98. The number of hydrogen-bond donors (Lipinski definition) is 2. The zero-order valence-electron chi connectivity index (χ0n) is 9.45. The third-order valence-electron chi connectivity index (χ3n) is 2.47. The summed E-state index contributed by atoms with van der Waals surface area (Å²) in [5.41, 5.74) is 1.46. The van der Waals surface area contributed by atoms with Crippen LogP contribution in [0.1, 0.15) is 5.56 Å². The number of thioether (sulfide) groups is 1. The molecule has 1 heterocycles. The van der Waals surface area contributed by atoms with Crippen molar-refractivity contribution in [2.45, 2.75) is 10.9 Å². The van der Waals surface area contributed by atoms with E-state index in [-0.39, 0.29) is 0 Å². The van der Waals surface area contributed by atoms with Crippen molar-refractivity contribution in [1.82, 2.24) is 9.55 Å². The lowest BCUT2D eigenvalue weighted by molar-refractivity contribution is 0.425. The second-order valence-electron chi connectivity index (χ2n) is 3.68. The zero-order chi connectivity index (χ0) is 12.3. The zero-order valence-corrected chi connectivity index (χ0v) is 10.3. The minimum Gasteiger partial charge on any atom is -0.423 e. The predicted octanol–water partition coefficient (Wildman–Crippen LogP) is 0.392. The number of nitrogens with zero attached hydrogens (tertiary/aromatic N) is 2. The number of aryl methyl sites for hydroxylation is 1. The van der Waals surface area contributed by atoms with Crippen molar-refractivity contribution in [1.29, 1.82) is 0 Å². The Morgan fingerprint density at radius 1 is 1.35 bits per heavy atom. The summed E-state index contributed by atoms with van der Waals surface area (Å²) in [6, 6.07) is 7.30. The van der Waals surface area contributed by atoms with Gasteiger partial charge in [-0.1, -0.05) is 36.0 Å². The Hall–Kier alpha value is -1.24. The highest BCUT2D eigenvalue weighted by atomic mass is 32.2. The van der Waals surface area contributed by atoms with Gasteiger partial charge in [0.25, 0.3) is 0 Å². The Morgan fingerprint density at radius 2 is 2.12 bits per heavy atom. The fourth-order valence-electron chi connectivity index (χ4n) is 1.55. The quantitative estimate of drug-likeness (QED) is 0.607. The van der Waals surface area contributed by atoms with E-state index in [9.17, 15) is 10.0 Å². The fourth-order valence-corrected chi connectivity index (χ4v) is 2.50. The second kappa shape index (κ2) is 5.40. The van der Waals surface area contributed by atoms with E-state index in [0.29, 0.717) is 11.2 Å². The molecule has 1 aromatic carbocycles. The summed E-state index contributed by atoms with van der Waals surface area (Å²) in [5, 5.41) is 19.4. The van der Waals surface area contributed by atoms with Crippen molar-refractivity contribution in [3.05, 3.63) is 42.2 Å². The van der Waals surface area contributed by atoms with Gasteiger partial charge in [-0.3, -0.25) is 0 Å². The van der Waals surface area contributed by atoms with Gasteiger partial charge in [-0.2, -0.15) is 0 Å². The molecule has 6 heteroatoms. The maximum Gasteiger partial charge on any atom is 0.488 e. The van der Waals surface area contributed by atoms with Gasteiger partial charge in [0.15, 0.2) is 5.16 Å². The van der Waals surface area contributed by atoms with E-state index in [1.54, 1.807) is 30.1 Å². The molecule has 88 valence electrons. The van der Waals surface area contributed by atoms with Crippen molar-refractivity contribution in [3.8, 4) is 0 Å². The SMILES string of the molecule is Cn1ccnc1SCc1ccccc1B(O)O. The van der Waals surface area contributed by atoms with Crippen molar-refractivity contribution in [2.75, 3.05) is 0 Å². The molecule has 0 saturated carbocycles. The van der Waals surface area contributed by atoms with Gasteiger partial charge in [0.05, 0.1) is 0 Å². The Balaban J connectivity index is 2.11. The molecule has 0 aliphatic heterocycles. The lowest BCUT2D eigenvalue weighted by Crippen LogP contribution is -2.32. The summed E-state index contributed by atoms with van der Waals surface area (Å²) in [6.45, 7) is 0. The third kappa shape index (κ3) is 2.91. The summed E-state index contributed by atoms with van der Waals surface area (Å²) >= 11 is 1.57. The molecule has 0 amide bonds. The highest BCUT2D eigenvalue weighted by Crippen LogP contribution is 2.19. The van der Waals surface area contributed by atoms with E-state index < -0.39 is 7.12 Å². The van der Waals surface area contributed by atoms with Crippen LogP contribution in [0.15, 0.2) is 41.8 Å². The van der Waals surface area contributed by atoms with Gasteiger partial charge >= 0.3 is 7.12 Å². The summed E-state index contributed by atoms with van der Waals surface area (Å²) in [5.74, 6) is 0.665. The first-order valence-electron chi connectivity index (χ1n) is 5.22. The maximum absolute atomic E-state index is 9.24. The van der Waals surface area contributed by atoms with Crippen LogP contribution in [0.3, 0.4) is 0 Å². The van der Waals surface area contributed by atoms with Crippen LogP contribution >= 0.6 is 11.8 Å². The molecule has 0 atom stereocenters. The number of rotatable bonds is 4. The molecule has 2 rings (SSSR count). The minimum atomic E-state index is -1.42. The molecule has 4 nitrogen and oxygen atoms in total. The fraction of sp³-hybridized carbons (Fsp3) is 0.182. The van der Waals surface area contributed by atoms with E-state index in [4.69, 9.17) is 0 Å². The van der Waals surface area contributed by atoms with Crippen LogP contribution in [0, 0.1) is 0 Å². The monoisotopic (exact) mass is 248 g/mol. The molecular formula is C11H13BN2O2S.